The lowest BCUT2D eigenvalue weighted by atomic mass is 10.2. The third-order valence-corrected chi connectivity index (χ3v) is 2.86. The summed E-state index contributed by atoms with van der Waals surface area (Å²) in [6.07, 6.45) is -3.34. The zero-order chi connectivity index (χ0) is 15.6. The van der Waals surface area contributed by atoms with Crippen LogP contribution in [0.1, 0.15) is 31.3 Å². The molecule has 0 radical (unpaired) electrons. The lowest BCUT2D eigenvalue weighted by molar-refractivity contribution is -0.139. The smallest absolute Gasteiger partial charge is 0.378 e. The zero-order valence-corrected chi connectivity index (χ0v) is 11.4. The Bertz CT molecular complexity index is 619. The standard InChI is InChI=1S/C13H14F4N4/c1-8(2)21-12(19-7-20-21)6-18-9-3-4-11(14)10(5-9)13(15,16)17/h3-5,7-8,18H,6H2,1-2H3. The minimum absolute atomic E-state index is 0.0863. The number of hydrogen-bond donors (Lipinski definition) is 1. The van der Waals surface area contributed by atoms with E-state index in [0.717, 1.165) is 12.1 Å². The third-order valence-electron chi connectivity index (χ3n) is 2.86. The van der Waals surface area contributed by atoms with Crippen molar-refractivity contribution in [2.75, 3.05) is 5.32 Å². The topological polar surface area (TPSA) is 42.7 Å². The van der Waals surface area contributed by atoms with Crippen molar-refractivity contribution in [3.05, 3.63) is 41.7 Å². The van der Waals surface area contributed by atoms with Crippen LogP contribution in [-0.2, 0) is 12.7 Å². The van der Waals surface area contributed by atoms with Gasteiger partial charge in [-0.3, -0.25) is 0 Å². The van der Waals surface area contributed by atoms with E-state index in [-0.39, 0.29) is 18.3 Å². The van der Waals surface area contributed by atoms with Gasteiger partial charge >= 0.3 is 6.18 Å². The lowest BCUT2D eigenvalue weighted by Gasteiger charge is -2.13. The first-order valence-electron chi connectivity index (χ1n) is 6.28. The highest BCUT2D eigenvalue weighted by molar-refractivity contribution is 5.47. The van der Waals surface area contributed by atoms with Gasteiger partial charge in [-0.1, -0.05) is 0 Å². The molecule has 0 amide bonds. The molecule has 2 aromatic rings. The molecule has 2 rings (SSSR count). The van der Waals surface area contributed by atoms with Gasteiger partial charge in [-0.05, 0) is 32.0 Å². The predicted molar refractivity (Wildman–Crippen MR) is 69.1 cm³/mol. The first kappa shape index (κ1) is 15.3. The molecule has 0 saturated heterocycles. The molecule has 1 N–H and O–H groups in total. The number of rotatable bonds is 4. The number of benzene rings is 1. The second-order valence-corrected chi connectivity index (χ2v) is 4.76. The molecule has 0 fully saturated rings. The quantitative estimate of drug-likeness (QED) is 0.877. The average Bonchev–Trinajstić information content (AvgIpc) is 2.85. The molecule has 0 aliphatic heterocycles. The van der Waals surface area contributed by atoms with E-state index in [1.165, 1.54) is 12.4 Å². The van der Waals surface area contributed by atoms with E-state index in [1.807, 2.05) is 13.8 Å². The molecule has 0 aliphatic carbocycles. The number of halogens is 4. The fourth-order valence-electron chi connectivity index (χ4n) is 1.87. The van der Waals surface area contributed by atoms with Crippen molar-refractivity contribution in [3.8, 4) is 0 Å². The van der Waals surface area contributed by atoms with Crippen LogP contribution in [0.2, 0.25) is 0 Å². The Morgan fingerprint density at radius 3 is 2.62 bits per heavy atom. The zero-order valence-electron chi connectivity index (χ0n) is 11.4. The molecule has 0 spiro atoms. The molecule has 21 heavy (non-hydrogen) atoms. The highest BCUT2D eigenvalue weighted by atomic mass is 19.4. The Morgan fingerprint density at radius 2 is 2.00 bits per heavy atom. The lowest BCUT2D eigenvalue weighted by Crippen LogP contribution is -2.13. The fraction of sp³-hybridized carbons (Fsp3) is 0.385. The van der Waals surface area contributed by atoms with E-state index in [1.54, 1.807) is 4.68 Å². The van der Waals surface area contributed by atoms with Crippen LogP contribution < -0.4 is 5.32 Å². The minimum atomic E-state index is -4.72. The largest absolute Gasteiger partial charge is 0.419 e. The number of hydrogen-bond acceptors (Lipinski definition) is 3. The Kier molecular flexibility index (Phi) is 4.15. The molecule has 0 bridgehead atoms. The van der Waals surface area contributed by atoms with Crippen LogP contribution in [0, 0.1) is 5.82 Å². The fourth-order valence-corrected chi connectivity index (χ4v) is 1.87. The summed E-state index contributed by atoms with van der Waals surface area (Å²) in [6, 6.07) is 2.87. The summed E-state index contributed by atoms with van der Waals surface area (Å²) < 4.78 is 52.7. The van der Waals surface area contributed by atoms with E-state index >= 15 is 0 Å². The van der Waals surface area contributed by atoms with Gasteiger partial charge in [0.1, 0.15) is 18.0 Å². The highest BCUT2D eigenvalue weighted by Crippen LogP contribution is 2.33. The summed E-state index contributed by atoms with van der Waals surface area (Å²) in [4.78, 5) is 4.03. The van der Waals surface area contributed by atoms with E-state index < -0.39 is 17.6 Å². The normalized spacial score (nSPS) is 12.0. The van der Waals surface area contributed by atoms with Crippen LogP contribution in [0.25, 0.3) is 0 Å². The van der Waals surface area contributed by atoms with Crippen molar-refractivity contribution in [1.29, 1.82) is 0 Å². The van der Waals surface area contributed by atoms with Crippen LogP contribution in [0.5, 0.6) is 0 Å². The third kappa shape index (κ3) is 3.50. The van der Waals surface area contributed by atoms with Gasteiger partial charge in [-0.15, -0.1) is 0 Å². The summed E-state index contributed by atoms with van der Waals surface area (Å²) in [5, 5.41) is 6.82. The molecule has 1 aromatic carbocycles. The van der Waals surface area contributed by atoms with Crippen LogP contribution in [-0.4, -0.2) is 14.8 Å². The molecule has 1 heterocycles. The van der Waals surface area contributed by atoms with E-state index in [9.17, 15) is 17.6 Å². The van der Waals surface area contributed by atoms with Gasteiger partial charge in [-0.25, -0.2) is 14.1 Å². The molecule has 114 valence electrons. The number of aromatic nitrogens is 3. The second kappa shape index (κ2) is 5.71. The molecular formula is C13H14F4N4. The SMILES string of the molecule is CC(C)n1ncnc1CNc1ccc(F)c(C(F)(F)F)c1. The van der Waals surface area contributed by atoms with Crippen LogP contribution >= 0.6 is 0 Å². The number of nitrogens with one attached hydrogen (secondary N) is 1. The Morgan fingerprint density at radius 1 is 1.29 bits per heavy atom. The Hall–Kier alpha value is -2.12. The van der Waals surface area contributed by atoms with Gasteiger partial charge in [0.15, 0.2) is 0 Å². The van der Waals surface area contributed by atoms with Gasteiger partial charge in [-0.2, -0.15) is 18.3 Å². The Balaban J connectivity index is 2.16. The average molecular weight is 302 g/mol. The van der Waals surface area contributed by atoms with Gasteiger partial charge in [0, 0.05) is 11.7 Å². The predicted octanol–water partition coefficient (Wildman–Crippen LogP) is 3.63. The first-order chi connectivity index (χ1) is 9.79. The number of anilines is 1. The summed E-state index contributed by atoms with van der Waals surface area (Å²) in [5.41, 5.74) is -1.13. The molecule has 0 saturated carbocycles. The number of alkyl halides is 3. The molecule has 8 heteroatoms. The highest BCUT2D eigenvalue weighted by Gasteiger charge is 2.34. The van der Waals surface area contributed by atoms with Gasteiger partial charge in [0.05, 0.1) is 12.1 Å². The van der Waals surface area contributed by atoms with Gasteiger partial charge < -0.3 is 5.32 Å². The summed E-state index contributed by atoms with van der Waals surface area (Å²) in [6.45, 7) is 4.02. The van der Waals surface area contributed by atoms with Crippen molar-refractivity contribution < 1.29 is 17.6 Å². The van der Waals surface area contributed by atoms with E-state index in [0.29, 0.717) is 5.82 Å². The van der Waals surface area contributed by atoms with Crippen molar-refractivity contribution in [2.45, 2.75) is 32.6 Å². The van der Waals surface area contributed by atoms with Gasteiger partial charge in [0.2, 0.25) is 0 Å². The van der Waals surface area contributed by atoms with Crippen molar-refractivity contribution in [3.63, 3.8) is 0 Å². The molecule has 0 aliphatic rings. The first-order valence-corrected chi connectivity index (χ1v) is 6.28. The second-order valence-electron chi connectivity index (χ2n) is 4.76. The minimum Gasteiger partial charge on any atom is -0.378 e. The summed E-state index contributed by atoms with van der Waals surface area (Å²) >= 11 is 0. The van der Waals surface area contributed by atoms with E-state index in [2.05, 4.69) is 15.4 Å². The molecular weight excluding hydrogens is 288 g/mol. The Labute approximate surface area is 118 Å². The van der Waals surface area contributed by atoms with Crippen molar-refractivity contribution >= 4 is 5.69 Å². The maximum atomic E-state index is 13.2. The molecule has 0 atom stereocenters. The molecule has 4 nitrogen and oxygen atoms in total. The molecule has 0 unspecified atom stereocenters. The van der Waals surface area contributed by atoms with Crippen molar-refractivity contribution in [2.24, 2.45) is 0 Å². The van der Waals surface area contributed by atoms with Crippen LogP contribution in [0.15, 0.2) is 24.5 Å². The van der Waals surface area contributed by atoms with Gasteiger partial charge in [0.25, 0.3) is 0 Å². The number of nitrogens with zero attached hydrogens (tertiary/aromatic N) is 3. The summed E-state index contributed by atoms with van der Waals surface area (Å²) in [5.74, 6) is -0.707. The van der Waals surface area contributed by atoms with Crippen LogP contribution in [0.3, 0.4) is 0 Å². The maximum Gasteiger partial charge on any atom is 0.419 e. The van der Waals surface area contributed by atoms with Crippen LogP contribution in [0.4, 0.5) is 23.2 Å². The van der Waals surface area contributed by atoms with Crippen molar-refractivity contribution in [1.82, 2.24) is 14.8 Å². The monoisotopic (exact) mass is 302 g/mol. The maximum absolute atomic E-state index is 13.2. The van der Waals surface area contributed by atoms with E-state index in [4.69, 9.17) is 0 Å². The summed E-state index contributed by atoms with van der Waals surface area (Å²) in [7, 11) is 0. The molecule has 1 aromatic heterocycles.